The summed E-state index contributed by atoms with van der Waals surface area (Å²) in [5, 5.41) is 3.52. The molecule has 3 N–H and O–H groups in total. The summed E-state index contributed by atoms with van der Waals surface area (Å²) in [6.07, 6.45) is 7.14. The van der Waals surface area contributed by atoms with Crippen LogP contribution in [0.15, 0.2) is 0 Å². The molecule has 0 spiro atoms. The summed E-state index contributed by atoms with van der Waals surface area (Å²) < 4.78 is 0. The van der Waals surface area contributed by atoms with E-state index in [0.717, 1.165) is 12.8 Å². The Hall–Kier alpha value is -0.650. The number of hydrogen-bond acceptors (Lipinski definition) is 4. The molecule has 0 radical (unpaired) electrons. The molecule has 1 amide bonds. The van der Waals surface area contributed by atoms with Crippen molar-refractivity contribution in [3.05, 3.63) is 10.6 Å². The van der Waals surface area contributed by atoms with Crippen LogP contribution in [0.2, 0.25) is 0 Å². The van der Waals surface area contributed by atoms with E-state index in [2.05, 4.69) is 10.3 Å². The second-order valence-electron chi connectivity index (χ2n) is 5.48. The Morgan fingerprint density at radius 2 is 1.89 bits per heavy atom. The number of aryl methyl sites for hydroxylation is 2. The van der Waals surface area contributed by atoms with E-state index in [1.165, 1.54) is 36.3 Å². The van der Waals surface area contributed by atoms with Crippen LogP contribution < -0.4 is 11.1 Å². The van der Waals surface area contributed by atoms with Gasteiger partial charge in [-0.2, -0.15) is 0 Å². The van der Waals surface area contributed by atoms with Gasteiger partial charge in [0.25, 0.3) is 0 Å². The van der Waals surface area contributed by atoms with Gasteiger partial charge >= 0.3 is 0 Å². The van der Waals surface area contributed by atoms with Crippen molar-refractivity contribution in [2.24, 2.45) is 5.73 Å². The number of hydrogen-bond donors (Lipinski definition) is 2. The average Bonchev–Trinajstić information content (AvgIpc) is 2.59. The van der Waals surface area contributed by atoms with Crippen molar-refractivity contribution < 1.29 is 4.79 Å². The van der Waals surface area contributed by atoms with Crippen molar-refractivity contribution in [3.63, 3.8) is 0 Å². The lowest BCUT2D eigenvalue weighted by Gasteiger charge is -2.16. The highest BCUT2D eigenvalue weighted by molar-refractivity contribution is 7.15. The van der Waals surface area contributed by atoms with Gasteiger partial charge in [-0.25, -0.2) is 4.98 Å². The first-order valence-electron chi connectivity index (χ1n) is 6.56. The molecule has 6 heteroatoms. The molecule has 4 nitrogen and oxygen atoms in total. The van der Waals surface area contributed by atoms with Crippen molar-refractivity contribution in [1.29, 1.82) is 0 Å². The molecule has 0 unspecified atom stereocenters. The van der Waals surface area contributed by atoms with Gasteiger partial charge in [0.2, 0.25) is 5.91 Å². The van der Waals surface area contributed by atoms with E-state index in [4.69, 9.17) is 5.73 Å². The van der Waals surface area contributed by atoms with Crippen LogP contribution in [0.4, 0.5) is 5.13 Å². The SMILES string of the molecule is CC(C)(N)C(=O)Nc1nc2c(s1)CCCCCC2.Cl. The first kappa shape index (κ1) is 16.4. The molecule has 0 aromatic carbocycles. The van der Waals surface area contributed by atoms with E-state index < -0.39 is 5.54 Å². The molecule has 108 valence electrons. The van der Waals surface area contributed by atoms with Crippen LogP contribution in [-0.2, 0) is 17.6 Å². The zero-order valence-corrected chi connectivity index (χ0v) is 13.1. The number of nitrogens with two attached hydrogens (primary N) is 1. The fourth-order valence-electron chi connectivity index (χ4n) is 2.02. The molecular weight excluding hydrogens is 282 g/mol. The number of amides is 1. The minimum atomic E-state index is -0.861. The summed E-state index contributed by atoms with van der Waals surface area (Å²) in [7, 11) is 0. The Morgan fingerprint density at radius 1 is 1.26 bits per heavy atom. The second-order valence-corrected chi connectivity index (χ2v) is 6.56. The predicted octanol–water partition coefficient (Wildman–Crippen LogP) is 2.90. The van der Waals surface area contributed by atoms with Gasteiger partial charge < -0.3 is 11.1 Å². The second kappa shape index (κ2) is 6.68. The number of nitrogens with zero attached hydrogens (tertiary/aromatic N) is 1. The monoisotopic (exact) mass is 303 g/mol. The normalized spacial score (nSPS) is 15.7. The Morgan fingerprint density at radius 3 is 2.53 bits per heavy atom. The van der Waals surface area contributed by atoms with Gasteiger partial charge in [0.1, 0.15) is 0 Å². The van der Waals surface area contributed by atoms with Gasteiger partial charge in [-0.15, -0.1) is 23.7 Å². The highest BCUT2D eigenvalue weighted by Gasteiger charge is 2.23. The summed E-state index contributed by atoms with van der Waals surface area (Å²) in [5.74, 6) is -0.177. The number of carbonyl (C=O) groups is 1. The molecular formula is C13H22ClN3OS. The van der Waals surface area contributed by atoms with Crippen LogP contribution in [-0.4, -0.2) is 16.4 Å². The maximum Gasteiger partial charge on any atom is 0.245 e. The zero-order chi connectivity index (χ0) is 13.2. The smallest absolute Gasteiger partial charge is 0.245 e. The molecule has 0 aliphatic heterocycles. The van der Waals surface area contributed by atoms with Crippen molar-refractivity contribution in [2.75, 3.05) is 5.32 Å². The Kier molecular flexibility index (Phi) is 5.77. The number of nitrogens with one attached hydrogen (secondary N) is 1. The molecule has 1 aromatic rings. The van der Waals surface area contributed by atoms with Gasteiger partial charge in [-0.1, -0.05) is 12.8 Å². The Balaban J connectivity index is 0.00000180. The summed E-state index contributed by atoms with van der Waals surface area (Å²) in [6.45, 7) is 3.40. The fourth-order valence-corrected chi connectivity index (χ4v) is 3.06. The van der Waals surface area contributed by atoms with Gasteiger partial charge in [-0.05, 0) is 39.5 Å². The highest BCUT2D eigenvalue weighted by atomic mass is 35.5. The first-order valence-corrected chi connectivity index (χ1v) is 7.37. The van der Waals surface area contributed by atoms with Crippen LogP contribution in [0.25, 0.3) is 0 Å². The van der Waals surface area contributed by atoms with E-state index in [1.54, 1.807) is 25.2 Å². The van der Waals surface area contributed by atoms with Crippen LogP contribution in [0.5, 0.6) is 0 Å². The maximum absolute atomic E-state index is 11.8. The number of halogens is 1. The standard InChI is InChI=1S/C13H21N3OS.ClH/c1-13(2,14)11(17)16-12-15-9-7-5-3-4-6-8-10(9)18-12;/h3-8,14H2,1-2H3,(H,15,16,17);1H. The van der Waals surface area contributed by atoms with Gasteiger partial charge in [0.15, 0.2) is 5.13 Å². The van der Waals surface area contributed by atoms with Crippen LogP contribution >= 0.6 is 23.7 Å². The quantitative estimate of drug-likeness (QED) is 0.882. The third-order valence-corrected chi connectivity index (χ3v) is 4.22. The minimum Gasteiger partial charge on any atom is -0.318 e. The van der Waals surface area contributed by atoms with Gasteiger partial charge in [-0.3, -0.25) is 4.79 Å². The Bertz CT molecular complexity index is 414. The molecule has 0 bridgehead atoms. The third-order valence-electron chi connectivity index (χ3n) is 3.15. The molecule has 0 saturated carbocycles. The third kappa shape index (κ3) is 4.44. The lowest BCUT2D eigenvalue weighted by molar-refractivity contribution is -0.120. The Labute approximate surface area is 124 Å². The molecule has 0 atom stereocenters. The summed E-state index contributed by atoms with van der Waals surface area (Å²) >= 11 is 1.60. The van der Waals surface area contributed by atoms with Gasteiger partial charge in [0, 0.05) is 4.88 Å². The van der Waals surface area contributed by atoms with Crippen molar-refractivity contribution in [2.45, 2.75) is 57.9 Å². The number of anilines is 1. The highest BCUT2D eigenvalue weighted by Crippen LogP contribution is 2.28. The van der Waals surface area contributed by atoms with Crippen LogP contribution in [0.3, 0.4) is 0 Å². The summed E-state index contributed by atoms with van der Waals surface area (Å²) in [4.78, 5) is 17.7. The average molecular weight is 304 g/mol. The molecule has 1 aromatic heterocycles. The number of fused-ring (bicyclic) bond motifs is 1. The molecule has 2 rings (SSSR count). The molecule has 1 heterocycles. The van der Waals surface area contributed by atoms with Crippen LogP contribution in [0, 0.1) is 0 Å². The number of aromatic nitrogens is 1. The van der Waals surface area contributed by atoms with E-state index in [1.807, 2.05) is 0 Å². The minimum absolute atomic E-state index is 0. The van der Waals surface area contributed by atoms with E-state index in [-0.39, 0.29) is 18.3 Å². The van der Waals surface area contributed by atoms with Crippen molar-refractivity contribution in [1.82, 2.24) is 4.98 Å². The molecule has 0 saturated heterocycles. The fraction of sp³-hybridized carbons (Fsp3) is 0.692. The number of carbonyl (C=O) groups excluding carboxylic acids is 1. The maximum atomic E-state index is 11.8. The number of thiazole rings is 1. The molecule has 0 fully saturated rings. The lowest BCUT2D eigenvalue weighted by atomic mass is 10.0. The summed E-state index contributed by atoms with van der Waals surface area (Å²) in [6, 6.07) is 0. The van der Waals surface area contributed by atoms with Crippen LogP contribution in [0.1, 0.15) is 50.1 Å². The lowest BCUT2D eigenvalue weighted by Crippen LogP contribution is -2.45. The molecule has 1 aliphatic rings. The molecule has 19 heavy (non-hydrogen) atoms. The van der Waals surface area contributed by atoms with E-state index in [0.29, 0.717) is 5.13 Å². The largest absolute Gasteiger partial charge is 0.318 e. The molecule has 1 aliphatic carbocycles. The summed E-state index contributed by atoms with van der Waals surface area (Å²) in [5.41, 5.74) is 6.07. The zero-order valence-electron chi connectivity index (χ0n) is 11.5. The van der Waals surface area contributed by atoms with E-state index in [9.17, 15) is 4.79 Å². The first-order chi connectivity index (χ1) is 8.47. The van der Waals surface area contributed by atoms with Crippen molar-refractivity contribution >= 4 is 34.8 Å². The topological polar surface area (TPSA) is 68.0 Å². The van der Waals surface area contributed by atoms with Gasteiger partial charge in [0.05, 0.1) is 11.2 Å². The number of rotatable bonds is 2. The van der Waals surface area contributed by atoms with E-state index >= 15 is 0 Å². The predicted molar refractivity (Wildman–Crippen MR) is 82.1 cm³/mol. The van der Waals surface area contributed by atoms with Crippen molar-refractivity contribution in [3.8, 4) is 0 Å².